The highest BCUT2D eigenvalue weighted by molar-refractivity contribution is 5.80. The number of hydrogen-bond acceptors (Lipinski definition) is 3. The molecule has 1 saturated heterocycles. The van der Waals surface area contributed by atoms with E-state index in [0.29, 0.717) is 13.1 Å². The first-order chi connectivity index (χ1) is 6.52. The van der Waals surface area contributed by atoms with E-state index in [1.54, 1.807) is 0 Å². The predicted octanol–water partition coefficient (Wildman–Crippen LogP) is 0.233. The first-order valence-corrected chi connectivity index (χ1v) is 5.17. The fraction of sp³-hybridized carbons (Fsp3) is 0.900. The van der Waals surface area contributed by atoms with Gasteiger partial charge in [-0.1, -0.05) is 20.8 Å². The molecular formula is C10H21NO3. The molecule has 84 valence electrons. The molecule has 0 aromatic heterocycles. The Labute approximate surface area is 85.5 Å². The molecule has 1 aliphatic heterocycles. The lowest BCUT2D eigenvalue weighted by Gasteiger charge is -2.16. The molecule has 1 aliphatic rings. The Morgan fingerprint density at radius 2 is 1.93 bits per heavy atom. The summed E-state index contributed by atoms with van der Waals surface area (Å²) in [5.41, 5.74) is 0. The Hall–Kier alpha value is -0.610. The van der Waals surface area contributed by atoms with Gasteiger partial charge in [-0.3, -0.25) is 4.79 Å². The lowest BCUT2D eigenvalue weighted by atomic mass is 10.1. The first-order valence-electron chi connectivity index (χ1n) is 5.17. The average Bonchev–Trinajstić information content (AvgIpc) is 2.49. The van der Waals surface area contributed by atoms with Crippen LogP contribution in [0.3, 0.4) is 0 Å². The van der Waals surface area contributed by atoms with Crippen LogP contribution < -0.4 is 0 Å². The molecule has 3 atom stereocenters. The van der Waals surface area contributed by atoms with Crippen LogP contribution in [-0.4, -0.2) is 46.3 Å². The van der Waals surface area contributed by atoms with Crippen LogP contribution in [0.15, 0.2) is 0 Å². The summed E-state index contributed by atoms with van der Waals surface area (Å²) in [5.74, 6) is -0.175. The second-order valence-corrected chi connectivity index (χ2v) is 3.46. The summed E-state index contributed by atoms with van der Waals surface area (Å²) in [6.07, 6.45) is -1.39. The molecule has 14 heavy (non-hydrogen) atoms. The van der Waals surface area contributed by atoms with Gasteiger partial charge in [0.1, 0.15) is 6.10 Å². The predicted molar refractivity (Wildman–Crippen MR) is 54.8 cm³/mol. The molecule has 0 aliphatic carbocycles. The zero-order valence-electron chi connectivity index (χ0n) is 9.40. The highest BCUT2D eigenvalue weighted by atomic mass is 16.3. The van der Waals surface area contributed by atoms with Gasteiger partial charge in [-0.15, -0.1) is 0 Å². The summed E-state index contributed by atoms with van der Waals surface area (Å²) in [7, 11) is 0. The van der Waals surface area contributed by atoms with Crippen LogP contribution in [0.5, 0.6) is 0 Å². The van der Waals surface area contributed by atoms with Crippen LogP contribution in [-0.2, 0) is 4.79 Å². The number of carbonyl (C=O) groups excluding carboxylic acids is 1. The topological polar surface area (TPSA) is 60.8 Å². The number of amides is 1. The molecule has 1 amide bonds. The monoisotopic (exact) mass is 203 g/mol. The second-order valence-electron chi connectivity index (χ2n) is 3.46. The summed E-state index contributed by atoms with van der Waals surface area (Å²) < 4.78 is 0. The van der Waals surface area contributed by atoms with Gasteiger partial charge in [0.15, 0.2) is 0 Å². The molecule has 1 rings (SSSR count). The van der Waals surface area contributed by atoms with Crippen molar-refractivity contribution in [2.24, 2.45) is 5.92 Å². The first kappa shape index (κ1) is 13.4. The van der Waals surface area contributed by atoms with E-state index in [1.807, 2.05) is 20.8 Å². The molecule has 1 fully saturated rings. The zero-order chi connectivity index (χ0) is 11.3. The van der Waals surface area contributed by atoms with Crippen molar-refractivity contribution in [1.82, 2.24) is 4.90 Å². The molecule has 0 aromatic carbocycles. The van der Waals surface area contributed by atoms with Crippen molar-refractivity contribution < 1.29 is 15.0 Å². The van der Waals surface area contributed by atoms with Gasteiger partial charge < -0.3 is 15.1 Å². The fourth-order valence-electron chi connectivity index (χ4n) is 1.39. The van der Waals surface area contributed by atoms with Crippen molar-refractivity contribution >= 4 is 5.91 Å². The summed E-state index contributed by atoms with van der Waals surface area (Å²) >= 11 is 0. The molecule has 0 aromatic rings. The van der Waals surface area contributed by atoms with Gasteiger partial charge >= 0.3 is 0 Å². The quantitative estimate of drug-likeness (QED) is 0.641. The lowest BCUT2D eigenvalue weighted by Crippen LogP contribution is -2.36. The van der Waals surface area contributed by atoms with Crippen molar-refractivity contribution in [3.05, 3.63) is 0 Å². The number of hydrogen-bond donors (Lipinski definition) is 2. The number of aliphatic hydroxyl groups is 2. The molecule has 0 bridgehead atoms. The SMILES string of the molecule is CC.CC(O)C(=O)N1CC(C)C(O)C1. The summed E-state index contributed by atoms with van der Waals surface area (Å²) in [4.78, 5) is 12.7. The zero-order valence-corrected chi connectivity index (χ0v) is 9.40. The smallest absolute Gasteiger partial charge is 0.251 e. The van der Waals surface area contributed by atoms with E-state index in [9.17, 15) is 9.90 Å². The third kappa shape index (κ3) is 3.27. The normalized spacial score (nSPS) is 28.0. The van der Waals surface area contributed by atoms with E-state index in [0.717, 1.165) is 0 Å². The maximum atomic E-state index is 11.2. The van der Waals surface area contributed by atoms with E-state index in [-0.39, 0.29) is 11.8 Å². The molecule has 0 saturated carbocycles. The van der Waals surface area contributed by atoms with Gasteiger partial charge in [0, 0.05) is 19.0 Å². The van der Waals surface area contributed by atoms with Crippen LogP contribution in [0, 0.1) is 5.92 Å². The minimum Gasteiger partial charge on any atom is -0.391 e. The van der Waals surface area contributed by atoms with E-state index >= 15 is 0 Å². The van der Waals surface area contributed by atoms with E-state index in [1.165, 1.54) is 11.8 Å². The maximum Gasteiger partial charge on any atom is 0.251 e. The molecule has 3 unspecified atom stereocenters. The summed E-state index contributed by atoms with van der Waals surface area (Å²) in [6.45, 7) is 8.23. The van der Waals surface area contributed by atoms with Crippen LogP contribution in [0.25, 0.3) is 0 Å². The Morgan fingerprint density at radius 1 is 1.43 bits per heavy atom. The van der Waals surface area contributed by atoms with Gasteiger partial charge in [0.2, 0.25) is 0 Å². The Balaban J connectivity index is 0.000000791. The number of carbonyl (C=O) groups is 1. The average molecular weight is 203 g/mol. The molecule has 0 spiro atoms. The minimum atomic E-state index is -0.956. The van der Waals surface area contributed by atoms with Crippen LogP contribution in [0.1, 0.15) is 27.7 Å². The summed E-state index contributed by atoms with van der Waals surface area (Å²) in [5, 5.41) is 18.3. The molecule has 2 N–H and O–H groups in total. The van der Waals surface area contributed by atoms with E-state index in [2.05, 4.69) is 0 Å². The van der Waals surface area contributed by atoms with Crippen LogP contribution in [0.2, 0.25) is 0 Å². The molecule has 4 heteroatoms. The molecular weight excluding hydrogens is 182 g/mol. The number of β-amino-alcohol motifs (C(OH)–C–C–N with tert-alkyl or cyclic N) is 1. The standard InChI is InChI=1S/C8H15NO3.C2H6/c1-5-3-9(4-7(5)11)8(12)6(2)10;1-2/h5-7,10-11H,3-4H2,1-2H3;1-2H3. The molecule has 1 heterocycles. The highest BCUT2D eigenvalue weighted by Crippen LogP contribution is 2.16. The van der Waals surface area contributed by atoms with Gasteiger partial charge in [-0.2, -0.15) is 0 Å². The lowest BCUT2D eigenvalue weighted by molar-refractivity contribution is -0.138. The van der Waals surface area contributed by atoms with Gasteiger partial charge in [0.25, 0.3) is 5.91 Å². The number of likely N-dealkylation sites (tertiary alicyclic amines) is 1. The molecule has 0 radical (unpaired) electrons. The Kier molecular flexibility index (Phi) is 5.72. The maximum absolute atomic E-state index is 11.2. The van der Waals surface area contributed by atoms with E-state index in [4.69, 9.17) is 5.11 Å². The minimum absolute atomic E-state index is 0.118. The summed E-state index contributed by atoms with van der Waals surface area (Å²) in [6, 6.07) is 0. The third-order valence-electron chi connectivity index (χ3n) is 2.24. The third-order valence-corrected chi connectivity index (χ3v) is 2.24. The van der Waals surface area contributed by atoms with Crippen molar-refractivity contribution in [3.63, 3.8) is 0 Å². The van der Waals surface area contributed by atoms with Crippen molar-refractivity contribution in [1.29, 1.82) is 0 Å². The fourth-order valence-corrected chi connectivity index (χ4v) is 1.39. The number of aliphatic hydroxyl groups excluding tert-OH is 2. The van der Waals surface area contributed by atoms with Crippen LogP contribution >= 0.6 is 0 Å². The van der Waals surface area contributed by atoms with E-state index < -0.39 is 12.2 Å². The largest absolute Gasteiger partial charge is 0.391 e. The number of nitrogens with zero attached hydrogens (tertiary/aromatic N) is 1. The number of rotatable bonds is 1. The van der Waals surface area contributed by atoms with Crippen molar-refractivity contribution in [3.8, 4) is 0 Å². The van der Waals surface area contributed by atoms with Gasteiger partial charge in [-0.05, 0) is 6.92 Å². The van der Waals surface area contributed by atoms with Gasteiger partial charge in [-0.25, -0.2) is 0 Å². The van der Waals surface area contributed by atoms with Crippen molar-refractivity contribution in [2.45, 2.75) is 39.9 Å². The Bertz CT molecular complexity index is 172. The highest BCUT2D eigenvalue weighted by Gasteiger charge is 2.32. The van der Waals surface area contributed by atoms with Crippen LogP contribution in [0.4, 0.5) is 0 Å². The van der Waals surface area contributed by atoms with Crippen molar-refractivity contribution in [2.75, 3.05) is 13.1 Å². The Morgan fingerprint density at radius 3 is 2.21 bits per heavy atom. The van der Waals surface area contributed by atoms with Gasteiger partial charge in [0.05, 0.1) is 6.10 Å². The molecule has 4 nitrogen and oxygen atoms in total. The second kappa shape index (κ2) is 5.98.